The van der Waals surface area contributed by atoms with Gasteiger partial charge in [0.2, 0.25) is 0 Å². The summed E-state index contributed by atoms with van der Waals surface area (Å²) in [7, 11) is 3.08. The number of nitrogens with one attached hydrogen (secondary N) is 1. The molecule has 1 aliphatic heterocycles. The Balaban J connectivity index is 1.97. The van der Waals surface area contributed by atoms with E-state index >= 15 is 0 Å². The van der Waals surface area contributed by atoms with Gasteiger partial charge in [-0.2, -0.15) is 0 Å². The van der Waals surface area contributed by atoms with Gasteiger partial charge in [-0.15, -0.1) is 0 Å². The van der Waals surface area contributed by atoms with Crippen LogP contribution in [0.4, 0.5) is 5.69 Å². The number of hydrogen-bond donors (Lipinski definition) is 1. The zero-order chi connectivity index (χ0) is 23.3. The maximum atomic E-state index is 13.4. The number of benzene rings is 2. The third-order valence-corrected chi connectivity index (χ3v) is 5.10. The van der Waals surface area contributed by atoms with E-state index in [9.17, 15) is 9.59 Å². The predicted octanol–water partition coefficient (Wildman–Crippen LogP) is 4.02. The molecule has 3 rings (SSSR count). The number of carbonyl (C=O) groups excluding carboxylic acids is 2. The van der Waals surface area contributed by atoms with E-state index in [0.717, 1.165) is 11.3 Å². The van der Waals surface area contributed by atoms with Crippen LogP contribution in [0.5, 0.6) is 11.5 Å². The van der Waals surface area contributed by atoms with E-state index in [2.05, 4.69) is 5.32 Å². The highest BCUT2D eigenvalue weighted by Crippen LogP contribution is 2.35. The van der Waals surface area contributed by atoms with Gasteiger partial charge in [0.05, 0.1) is 25.9 Å². The first-order chi connectivity index (χ1) is 15.3. The molecule has 1 aliphatic rings. The van der Waals surface area contributed by atoms with Crippen LogP contribution in [0.2, 0.25) is 0 Å². The third-order valence-electron chi connectivity index (χ3n) is 5.10. The number of nitrogens with zero attached hydrogens (tertiary/aromatic N) is 1. The van der Waals surface area contributed by atoms with Crippen LogP contribution in [-0.4, -0.2) is 50.2 Å². The first-order valence-electron chi connectivity index (χ1n) is 10.6. The minimum Gasteiger partial charge on any atom is -0.493 e. The Morgan fingerprint density at radius 1 is 0.969 bits per heavy atom. The molecule has 7 nitrogen and oxygen atoms in total. The molecule has 0 bridgehead atoms. The summed E-state index contributed by atoms with van der Waals surface area (Å²) >= 11 is 0. The second-order valence-corrected chi connectivity index (χ2v) is 7.85. The molecule has 2 amide bonds. The Morgan fingerprint density at radius 3 is 2.38 bits per heavy atom. The van der Waals surface area contributed by atoms with E-state index in [4.69, 9.17) is 14.2 Å². The quantitative estimate of drug-likeness (QED) is 0.446. The third kappa shape index (κ3) is 5.11. The smallest absolute Gasteiger partial charge is 0.278 e. The Hall–Kier alpha value is -3.32. The van der Waals surface area contributed by atoms with Crippen LogP contribution in [0, 0.1) is 6.92 Å². The Bertz CT molecular complexity index is 1030. The minimum atomic E-state index is -0.356. The van der Waals surface area contributed by atoms with Crippen molar-refractivity contribution in [2.24, 2.45) is 0 Å². The first-order valence-corrected chi connectivity index (χ1v) is 10.6. The molecule has 0 saturated carbocycles. The van der Waals surface area contributed by atoms with Crippen molar-refractivity contribution in [3.63, 3.8) is 0 Å². The van der Waals surface area contributed by atoms with Gasteiger partial charge in [-0.05, 0) is 62.6 Å². The number of imide groups is 1. The van der Waals surface area contributed by atoms with Crippen LogP contribution in [0.15, 0.2) is 48.2 Å². The average Bonchev–Trinajstić information content (AvgIpc) is 3.00. The lowest BCUT2D eigenvalue weighted by atomic mass is 10.0. The van der Waals surface area contributed by atoms with Crippen LogP contribution in [0.1, 0.15) is 31.4 Å². The molecule has 0 atom stereocenters. The molecule has 7 heteroatoms. The Kier molecular flexibility index (Phi) is 7.53. The van der Waals surface area contributed by atoms with E-state index in [-0.39, 0.29) is 30.2 Å². The van der Waals surface area contributed by atoms with E-state index in [0.29, 0.717) is 35.7 Å². The largest absolute Gasteiger partial charge is 0.493 e. The fraction of sp³-hybridized carbons (Fsp3) is 0.360. The Labute approximate surface area is 189 Å². The van der Waals surface area contributed by atoms with Gasteiger partial charge in [0.1, 0.15) is 5.70 Å². The monoisotopic (exact) mass is 438 g/mol. The fourth-order valence-electron chi connectivity index (χ4n) is 3.56. The van der Waals surface area contributed by atoms with Gasteiger partial charge >= 0.3 is 0 Å². The standard InChI is InChI=1S/C25H30N2O5/c1-16(2)32-13-7-12-27-24(28)22(18-10-11-20(30-4)21(15-18)31-5)23(25(27)29)26-19-9-6-8-17(3)14-19/h6,8-11,14-16,26H,7,12-13H2,1-5H3. The summed E-state index contributed by atoms with van der Waals surface area (Å²) < 4.78 is 16.3. The summed E-state index contributed by atoms with van der Waals surface area (Å²) in [6, 6.07) is 12.9. The molecule has 2 aromatic carbocycles. The zero-order valence-electron chi connectivity index (χ0n) is 19.2. The van der Waals surface area contributed by atoms with Crippen molar-refractivity contribution in [2.75, 3.05) is 32.7 Å². The lowest BCUT2D eigenvalue weighted by molar-refractivity contribution is -0.137. The first kappa shape index (κ1) is 23.3. The van der Waals surface area contributed by atoms with Crippen LogP contribution in [0.25, 0.3) is 5.57 Å². The second kappa shape index (κ2) is 10.3. The van der Waals surface area contributed by atoms with Crippen molar-refractivity contribution in [3.05, 3.63) is 59.3 Å². The van der Waals surface area contributed by atoms with E-state index in [1.165, 1.54) is 12.0 Å². The number of rotatable bonds is 10. The van der Waals surface area contributed by atoms with Crippen LogP contribution in [-0.2, 0) is 14.3 Å². The number of ether oxygens (including phenoxy) is 3. The molecule has 0 aliphatic carbocycles. The summed E-state index contributed by atoms with van der Waals surface area (Å²) in [5, 5.41) is 3.18. The van der Waals surface area contributed by atoms with E-state index in [1.54, 1.807) is 25.3 Å². The van der Waals surface area contributed by atoms with Crippen LogP contribution >= 0.6 is 0 Å². The van der Waals surface area contributed by atoms with Crippen molar-refractivity contribution >= 4 is 23.1 Å². The topological polar surface area (TPSA) is 77.1 Å². The number of aryl methyl sites for hydroxylation is 1. The SMILES string of the molecule is COc1ccc(C2=C(Nc3cccc(C)c3)C(=O)N(CCCOC(C)C)C2=O)cc1OC. The molecule has 170 valence electrons. The van der Waals surface area contributed by atoms with Gasteiger partial charge in [-0.25, -0.2) is 0 Å². The molecule has 0 unspecified atom stereocenters. The summed E-state index contributed by atoms with van der Waals surface area (Å²) in [5.74, 6) is 0.328. The molecule has 0 aromatic heterocycles. The molecule has 0 saturated heterocycles. The maximum absolute atomic E-state index is 13.4. The molecule has 0 radical (unpaired) electrons. The molecule has 1 heterocycles. The molecule has 32 heavy (non-hydrogen) atoms. The highest BCUT2D eigenvalue weighted by atomic mass is 16.5. The van der Waals surface area contributed by atoms with Crippen molar-refractivity contribution in [1.82, 2.24) is 4.90 Å². The molecular formula is C25H30N2O5. The highest BCUT2D eigenvalue weighted by Gasteiger charge is 2.39. The average molecular weight is 439 g/mol. The van der Waals surface area contributed by atoms with Crippen LogP contribution < -0.4 is 14.8 Å². The number of carbonyl (C=O) groups is 2. The molecule has 1 N–H and O–H groups in total. The van der Waals surface area contributed by atoms with Crippen molar-refractivity contribution < 1.29 is 23.8 Å². The van der Waals surface area contributed by atoms with Gasteiger partial charge in [0, 0.05) is 18.8 Å². The summed E-state index contributed by atoms with van der Waals surface area (Å²) in [5.41, 5.74) is 2.92. The summed E-state index contributed by atoms with van der Waals surface area (Å²) in [4.78, 5) is 27.9. The lowest BCUT2D eigenvalue weighted by Gasteiger charge is -2.16. The van der Waals surface area contributed by atoms with Gasteiger partial charge in [0.25, 0.3) is 11.8 Å². The lowest BCUT2D eigenvalue weighted by Crippen LogP contribution is -2.34. The minimum absolute atomic E-state index is 0.0963. The predicted molar refractivity (Wildman–Crippen MR) is 124 cm³/mol. The highest BCUT2D eigenvalue weighted by molar-refractivity contribution is 6.36. The van der Waals surface area contributed by atoms with Crippen molar-refractivity contribution in [3.8, 4) is 11.5 Å². The van der Waals surface area contributed by atoms with Crippen molar-refractivity contribution in [1.29, 1.82) is 0 Å². The molecular weight excluding hydrogens is 408 g/mol. The van der Waals surface area contributed by atoms with Gasteiger partial charge in [0.15, 0.2) is 11.5 Å². The number of methoxy groups -OCH3 is 2. The number of hydrogen-bond acceptors (Lipinski definition) is 6. The normalized spacial score (nSPS) is 13.9. The number of amides is 2. The zero-order valence-corrected chi connectivity index (χ0v) is 19.2. The van der Waals surface area contributed by atoms with Gasteiger partial charge < -0.3 is 19.5 Å². The molecule has 2 aromatic rings. The second-order valence-electron chi connectivity index (χ2n) is 7.85. The summed E-state index contributed by atoms with van der Waals surface area (Å²) in [6.45, 7) is 6.62. The maximum Gasteiger partial charge on any atom is 0.278 e. The van der Waals surface area contributed by atoms with Gasteiger partial charge in [-0.1, -0.05) is 18.2 Å². The molecule has 0 fully saturated rings. The number of anilines is 1. The van der Waals surface area contributed by atoms with Gasteiger partial charge in [-0.3, -0.25) is 14.5 Å². The fourth-order valence-corrected chi connectivity index (χ4v) is 3.56. The van der Waals surface area contributed by atoms with E-state index < -0.39 is 0 Å². The Morgan fingerprint density at radius 2 is 1.72 bits per heavy atom. The van der Waals surface area contributed by atoms with Crippen molar-refractivity contribution in [2.45, 2.75) is 33.3 Å². The molecule has 0 spiro atoms. The summed E-state index contributed by atoms with van der Waals surface area (Å²) in [6.07, 6.45) is 0.658. The van der Waals surface area contributed by atoms with E-state index in [1.807, 2.05) is 45.0 Å². The van der Waals surface area contributed by atoms with Crippen LogP contribution in [0.3, 0.4) is 0 Å².